The van der Waals surface area contributed by atoms with E-state index in [1.807, 2.05) is 6.07 Å². The lowest BCUT2D eigenvalue weighted by Crippen LogP contribution is -2.37. The first-order valence-electron chi connectivity index (χ1n) is 6.54. The zero-order valence-electron chi connectivity index (χ0n) is 10.6. The van der Waals surface area contributed by atoms with Gasteiger partial charge in [0.2, 0.25) is 0 Å². The third-order valence-electron chi connectivity index (χ3n) is 3.23. The minimum absolute atomic E-state index is 0.497. The molecule has 2 rings (SSSR count). The van der Waals surface area contributed by atoms with Crippen molar-refractivity contribution in [2.75, 3.05) is 5.32 Å². The number of pyridine rings is 1. The maximum absolute atomic E-state index is 5.36. The van der Waals surface area contributed by atoms with Crippen LogP contribution in [0.2, 0.25) is 0 Å². The van der Waals surface area contributed by atoms with Crippen LogP contribution in [0.3, 0.4) is 0 Å². The molecule has 0 bridgehead atoms. The van der Waals surface area contributed by atoms with Crippen LogP contribution in [0, 0.1) is 0 Å². The minimum Gasteiger partial charge on any atom is -0.360 e. The van der Waals surface area contributed by atoms with Gasteiger partial charge in [0, 0.05) is 16.7 Å². The fraction of sp³-hybridized carbons (Fsp3) is 0.538. The molecule has 1 aromatic rings. The van der Waals surface area contributed by atoms with E-state index in [9.17, 15) is 0 Å². The van der Waals surface area contributed by atoms with Crippen LogP contribution in [0.25, 0.3) is 0 Å². The number of hydrogen-bond donors (Lipinski definition) is 2. The van der Waals surface area contributed by atoms with Gasteiger partial charge in [0.15, 0.2) is 5.11 Å². The topological polar surface area (TPSA) is 37.0 Å². The quantitative estimate of drug-likeness (QED) is 0.555. The molecule has 1 aromatic heterocycles. The van der Waals surface area contributed by atoms with E-state index in [0.717, 1.165) is 14.8 Å². The van der Waals surface area contributed by atoms with E-state index in [0.29, 0.717) is 11.2 Å². The van der Waals surface area contributed by atoms with Crippen molar-refractivity contribution in [2.24, 2.45) is 0 Å². The first-order chi connectivity index (χ1) is 9.15. The van der Waals surface area contributed by atoms with E-state index >= 15 is 0 Å². The molecule has 1 aliphatic carbocycles. The van der Waals surface area contributed by atoms with Crippen molar-refractivity contribution in [2.45, 2.75) is 44.6 Å². The summed E-state index contributed by atoms with van der Waals surface area (Å²) in [5.41, 5.74) is 0. The van der Waals surface area contributed by atoms with Gasteiger partial charge in [-0.3, -0.25) is 0 Å². The van der Waals surface area contributed by atoms with E-state index in [-0.39, 0.29) is 0 Å². The molecule has 1 aliphatic rings. The molecule has 0 aliphatic heterocycles. The van der Waals surface area contributed by atoms with Crippen LogP contribution in [0.4, 0.5) is 5.82 Å². The molecule has 0 atom stereocenters. The molecule has 0 amide bonds. The van der Waals surface area contributed by atoms with Crippen molar-refractivity contribution in [3.8, 4) is 0 Å². The summed E-state index contributed by atoms with van der Waals surface area (Å²) in [6, 6.07) is 2.44. The number of thiocarbonyl (C=S) groups is 1. The Morgan fingerprint density at radius 3 is 2.53 bits per heavy atom. The predicted octanol–water partition coefficient (Wildman–Crippen LogP) is 4.62. The molecule has 2 N–H and O–H groups in total. The van der Waals surface area contributed by atoms with Crippen LogP contribution in [-0.4, -0.2) is 16.1 Å². The van der Waals surface area contributed by atoms with Crippen LogP contribution in [0.15, 0.2) is 21.2 Å². The Hall–Kier alpha value is -0.200. The molecule has 19 heavy (non-hydrogen) atoms. The molecule has 3 nitrogen and oxygen atoms in total. The van der Waals surface area contributed by atoms with Gasteiger partial charge in [-0.2, -0.15) is 0 Å². The SMILES string of the molecule is S=C(Nc1ncc(Br)cc1Br)NC1CCCCCC1. The number of nitrogens with zero attached hydrogens (tertiary/aromatic N) is 1. The zero-order chi connectivity index (χ0) is 13.7. The monoisotopic (exact) mass is 405 g/mol. The third kappa shape index (κ3) is 5.00. The lowest BCUT2D eigenvalue weighted by atomic mass is 10.1. The van der Waals surface area contributed by atoms with Crippen molar-refractivity contribution < 1.29 is 0 Å². The minimum atomic E-state index is 0.497. The molecule has 6 heteroatoms. The van der Waals surface area contributed by atoms with Gasteiger partial charge in [0.25, 0.3) is 0 Å². The molecule has 0 radical (unpaired) electrons. The van der Waals surface area contributed by atoms with Crippen LogP contribution >= 0.6 is 44.1 Å². The van der Waals surface area contributed by atoms with Gasteiger partial charge < -0.3 is 10.6 Å². The number of halogens is 2. The number of hydrogen-bond acceptors (Lipinski definition) is 2. The Balaban J connectivity index is 1.89. The van der Waals surface area contributed by atoms with Crippen LogP contribution < -0.4 is 10.6 Å². The Morgan fingerprint density at radius 1 is 1.21 bits per heavy atom. The number of nitrogens with one attached hydrogen (secondary N) is 2. The van der Waals surface area contributed by atoms with Crippen molar-refractivity contribution in [3.63, 3.8) is 0 Å². The second kappa shape index (κ2) is 7.55. The smallest absolute Gasteiger partial charge is 0.172 e. The average Bonchev–Trinajstić information content (AvgIpc) is 2.61. The largest absolute Gasteiger partial charge is 0.360 e. The molecule has 104 valence electrons. The van der Waals surface area contributed by atoms with Gasteiger partial charge in [-0.15, -0.1) is 0 Å². The van der Waals surface area contributed by atoms with Gasteiger partial charge in [-0.25, -0.2) is 4.98 Å². The van der Waals surface area contributed by atoms with Crippen molar-refractivity contribution in [1.82, 2.24) is 10.3 Å². The van der Waals surface area contributed by atoms with E-state index in [1.165, 1.54) is 38.5 Å². The second-order valence-electron chi connectivity index (χ2n) is 4.77. The highest BCUT2D eigenvalue weighted by molar-refractivity contribution is 9.11. The van der Waals surface area contributed by atoms with E-state index in [1.54, 1.807) is 6.20 Å². The third-order valence-corrected chi connectivity index (χ3v) is 4.49. The lowest BCUT2D eigenvalue weighted by molar-refractivity contribution is 0.535. The Labute approximate surface area is 136 Å². The number of anilines is 1. The fourth-order valence-electron chi connectivity index (χ4n) is 2.26. The average molecular weight is 407 g/mol. The summed E-state index contributed by atoms with van der Waals surface area (Å²) >= 11 is 12.2. The summed E-state index contributed by atoms with van der Waals surface area (Å²) in [5.74, 6) is 0.745. The standard InChI is InChI=1S/C13H17Br2N3S/c14-9-7-11(15)12(16-8-9)18-13(19)17-10-5-3-1-2-4-6-10/h7-8,10H,1-6H2,(H2,16,17,18,19). The molecular formula is C13H17Br2N3S. The number of rotatable bonds is 2. The normalized spacial score (nSPS) is 16.7. The first kappa shape index (κ1) is 15.2. The molecule has 0 aromatic carbocycles. The summed E-state index contributed by atoms with van der Waals surface area (Å²) in [5, 5.41) is 7.20. The fourth-order valence-corrected chi connectivity index (χ4v) is 3.61. The van der Waals surface area contributed by atoms with Gasteiger partial charge in [0.05, 0.1) is 4.47 Å². The highest BCUT2D eigenvalue weighted by Crippen LogP contribution is 2.23. The molecular weight excluding hydrogens is 390 g/mol. The first-order valence-corrected chi connectivity index (χ1v) is 8.53. The summed E-state index contributed by atoms with van der Waals surface area (Å²) < 4.78 is 1.83. The zero-order valence-corrected chi connectivity index (χ0v) is 14.6. The highest BCUT2D eigenvalue weighted by Gasteiger charge is 2.13. The Morgan fingerprint density at radius 2 is 1.89 bits per heavy atom. The van der Waals surface area contributed by atoms with Crippen molar-refractivity contribution in [1.29, 1.82) is 0 Å². The summed E-state index contributed by atoms with van der Waals surface area (Å²) in [4.78, 5) is 4.30. The molecule has 0 saturated heterocycles. The van der Waals surface area contributed by atoms with Gasteiger partial charge in [-0.1, -0.05) is 25.7 Å². The summed E-state index contributed by atoms with van der Waals surface area (Å²) in [7, 11) is 0. The molecule has 1 saturated carbocycles. The van der Waals surface area contributed by atoms with Gasteiger partial charge in [-0.05, 0) is 63.0 Å². The maximum atomic E-state index is 5.36. The number of aromatic nitrogens is 1. The Bertz CT molecular complexity index is 446. The molecule has 0 spiro atoms. The molecule has 1 fully saturated rings. The van der Waals surface area contributed by atoms with Gasteiger partial charge >= 0.3 is 0 Å². The van der Waals surface area contributed by atoms with E-state index < -0.39 is 0 Å². The summed E-state index contributed by atoms with van der Waals surface area (Å²) in [6.07, 6.45) is 9.44. The van der Waals surface area contributed by atoms with Crippen LogP contribution in [0.5, 0.6) is 0 Å². The van der Waals surface area contributed by atoms with Crippen molar-refractivity contribution >= 4 is 55.0 Å². The second-order valence-corrected chi connectivity index (χ2v) is 6.95. The van der Waals surface area contributed by atoms with Gasteiger partial charge in [0.1, 0.15) is 5.82 Å². The highest BCUT2D eigenvalue weighted by atomic mass is 79.9. The van der Waals surface area contributed by atoms with Crippen molar-refractivity contribution in [3.05, 3.63) is 21.2 Å². The summed E-state index contributed by atoms with van der Waals surface area (Å²) in [6.45, 7) is 0. The lowest BCUT2D eigenvalue weighted by Gasteiger charge is -2.19. The van der Waals surface area contributed by atoms with E-state index in [4.69, 9.17) is 12.2 Å². The molecule has 0 unspecified atom stereocenters. The maximum Gasteiger partial charge on any atom is 0.172 e. The van der Waals surface area contributed by atoms with Crippen LogP contribution in [-0.2, 0) is 0 Å². The van der Waals surface area contributed by atoms with E-state index in [2.05, 4.69) is 47.5 Å². The Kier molecular flexibility index (Phi) is 6.04. The predicted molar refractivity (Wildman–Crippen MR) is 90.5 cm³/mol. The van der Waals surface area contributed by atoms with Crippen LogP contribution in [0.1, 0.15) is 38.5 Å². The molecule has 1 heterocycles.